The number of piperazine rings is 2. The lowest BCUT2D eigenvalue weighted by Gasteiger charge is -2.44. The molecule has 2 N–H and O–H groups in total. The molecule has 3 aliphatic heterocycles. The minimum Gasteiger partial charge on any atom is -0.368 e. The second kappa shape index (κ2) is 8.97. The van der Waals surface area contributed by atoms with Gasteiger partial charge >= 0.3 is 0 Å². The van der Waals surface area contributed by atoms with Gasteiger partial charge in [-0.3, -0.25) is 4.79 Å². The van der Waals surface area contributed by atoms with Gasteiger partial charge in [0.05, 0.1) is 11.9 Å². The highest BCUT2D eigenvalue weighted by Crippen LogP contribution is 2.33. The second-order valence-corrected chi connectivity index (χ2v) is 9.53. The first kappa shape index (κ1) is 21.6. The highest BCUT2D eigenvalue weighted by Gasteiger charge is 2.38. The lowest BCUT2D eigenvalue weighted by molar-refractivity contribution is -0.122. The lowest BCUT2D eigenvalue weighted by atomic mass is 9.95. The van der Waals surface area contributed by atoms with E-state index in [2.05, 4.69) is 62.3 Å². The smallest absolute Gasteiger partial charge is 0.246 e. The number of hydrogen-bond acceptors (Lipinski definition) is 8. The molecule has 9 nitrogen and oxygen atoms in total. The maximum absolute atomic E-state index is 12.5. The maximum Gasteiger partial charge on any atom is 0.246 e. The van der Waals surface area contributed by atoms with Gasteiger partial charge in [-0.25, -0.2) is 9.97 Å². The molecule has 5 heterocycles. The van der Waals surface area contributed by atoms with Crippen LogP contribution in [0.4, 0.5) is 23.3 Å². The Bertz CT molecular complexity index is 1030. The summed E-state index contributed by atoms with van der Waals surface area (Å²) in [5.74, 6) is 2.52. The number of nitrogens with zero attached hydrogens (tertiary/aromatic N) is 6. The van der Waals surface area contributed by atoms with Crippen molar-refractivity contribution in [1.29, 1.82) is 0 Å². The maximum atomic E-state index is 12.5. The summed E-state index contributed by atoms with van der Waals surface area (Å²) >= 11 is 0. The van der Waals surface area contributed by atoms with E-state index >= 15 is 0 Å². The highest BCUT2D eigenvalue weighted by molar-refractivity contribution is 5.92. The van der Waals surface area contributed by atoms with E-state index in [0.717, 1.165) is 49.7 Å². The van der Waals surface area contributed by atoms with Gasteiger partial charge in [-0.15, -0.1) is 0 Å². The molecule has 2 saturated heterocycles. The number of hydrogen-bond donors (Lipinski definition) is 2. The van der Waals surface area contributed by atoms with E-state index in [1.807, 2.05) is 30.6 Å². The average Bonchev–Trinajstić information content (AvgIpc) is 2.81. The third-order valence-electron chi connectivity index (χ3n) is 6.57. The van der Waals surface area contributed by atoms with Crippen LogP contribution >= 0.6 is 0 Å². The molecular weight excluding hydrogens is 416 g/mol. The number of carbonyl (C=O) groups excluding carboxylic acids is 1. The summed E-state index contributed by atoms with van der Waals surface area (Å²) in [4.78, 5) is 33.3. The van der Waals surface area contributed by atoms with Gasteiger partial charge in [0.2, 0.25) is 11.9 Å². The summed E-state index contributed by atoms with van der Waals surface area (Å²) in [6, 6.07) is 3.92. The third-order valence-corrected chi connectivity index (χ3v) is 6.57. The third kappa shape index (κ3) is 4.50. The van der Waals surface area contributed by atoms with Crippen molar-refractivity contribution in [3.8, 4) is 0 Å². The Morgan fingerprint density at radius 3 is 2.70 bits per heavy atom. The summed E-state index contributed by atoms with van der Waals surface area (Å²) in [6.45, 7) is 9.18. The minimum atomic E-state index is -0.334. The van der Waals surface area contributed by atoms with Crippen molar-refractivity contribution in [3.05, 3.63) is 36.2 Å². The number of amides is 1. The zero-order chi connectivity index (χ0) is 22.9. The summed E-state index contributed by atoms with van der Waals surface area (Å²) < 4.78 is 0. The molecule has 0 spiro atoms. The molecule has 0 radical (unpaired) electrons. The van der Waals surface area contributed by atoms with Crippen LogP contribution in [0.25, 0.3) is 6.08 Å². The van der Waals surface area contributed by atoms with Crippen LogP contribution in [0.15, 0.2) is 30.6 Å². The predicted molar refractivity (Wildman–Crippen MR) is 131 cm³/mol. The molecule has 1 amide bonds. The van der Waals surface area contributed by atoms with Crippen LogP contribution < -0.4 is 20.4 Å². The molecule has 2 unspecified atom stereocenters. The number of nitrogens with one attached hydrogen (secondary N) is 2. The van der Waals surface area contributed by atoms with Gasteiger partial charge in [-0.1, -0.05) is 26.0 Å². The van der Waals surface area contributed by atoms with E-state index in [1.54, 1.807) is 0 Å². The van der Waals surface area contributed by atoms with Crippen LogP contribution in [0, 0.1) is 5.92 Å². The monoisotopic (exact) mass is 448 g/mol. The summed E-state index contributed by atoms with van der Waals surface area (Å²) in [6.07, 6.45) is 8.58. The number of anilines is 4. The Balaban J connectivity index is 1.35. The molecule has 2 aromatic heterocycles. The molecule has 9 heteroatoms. The van der Waals surface area contributed by atoms with Crippen LogP contribution in [0.5, 0.6) is 0 Å². The summed E-state index contributed by atoms with van der Waals surface area (Å²) in [5.41, 5.74) is 2.06. The first-order chi connectivity index (χ1) is 16.0. The Morgan fingerprint density at radius 1 is 1.15 bits per heavy atom. The number of pyridine rings is 1. The molecule has 2 aromatic rings. The first-order valence-corrected chi connectivity index (χ1v) is 11.8. The number of likely N-dealkylation sites (N-methyl/N-ethyl adjacent to an activating group) is 1. The summed E-state index contributed by atoms with van der Waals surface area (Å²) in [7, 11) is 2.15. The molecule has 0 saturated carbocycles. The van der Waals surface area contributed by atoms with E-state index in [4.69, 9.17) is 4.98 Å². The largest absolute Gasteiger partial charge is 0.368 e. The molecule has 174 valence electrons. The fraction of sp³-hybridized carbons (Fsp3) is 0.500. The van der Waals surface area contributed by atoms with Crippen LogP contribution in [-0.2, 0) is 4.79 Å². The average molecular weight is 449 g/mol. The van der Waals surface area contributed by atoms with Crippen molar-refractivity contribution in [2.45, 2.75) is 32.4 Å². The molecule has 0 bridgehead atoms. The van der Waals surface area contributed by atoms with Crippen molar-refractivity contribution in [1.82, 2.24) is 25.2 Å². The first-order valence-electron chi connectivity index (χ1n) is 11.8. The van der Waals surface area contributed by atoms with Crippen LogP contribution in [0.1, 0.15) is 25.8 Å². The quantitative estimate of drug-likeness (QED) is 0.719. The topological polar surface area (TPSA) is 89.5 Å². The van der Waals surface area contributed by atoms with Crippen molar-refractivity contribution in [3.63, 3.8) is 0 Å². The number of fused-ring (bicyclic) bond motifs is 3. The zero-order valence-corrected chi connectivity index (χ0v) is 19.5. The van der Waals surface area contributed by atoms with Gasteiger partial charge in [0, 0.05) is 50.5 Å². The minimum absolute atomic E-state index is 0.0196. The second-order valence-electron chi connectivity index (χ2n) is 9.53. The molecule has 3 aliphatic rings. The van der Waals surface area contributed by atoms with E-state index in [0.29, 0.717) is 24.2 Å². The fourth-order valence-corrected chi connectivity index (χ4v) is 4.79. The van der Waals surface area contributed by atoms with Crippen molar-refractivity contribution in [2.75, 3.05) is 54.9 Å². The van der Waals surface area contributed by atoms with Gasteiger partial charge < -0.3 is 25.3 Å². The standard InChI is InChI=1S/C24H32N8O/c1-16(2)12-19-15-26-23(33)20-6-4-17-13-27-24(29-22(17)32(19)20)28-21-7-5-18(14-25-21)31-10-8-30(3)9-11-31/h4-7,13-14,16,19-20H,8-12,15H2,1-3H3,(H,26,33)(H,25,27,28,29). The van der Waals surface area contributed by atoms with Crippen LogP contribution in [0.2, 0.25) is 0 Å². The van der Waals surface area contributed by atoms with E-state index < -0.39 is 0 Å². The van der Waals surface area contributed by atoms with Gasteiger partial charge in [-0.2, -0.15) is 4.98 Å². The van der Waals surface area contributed by atoms with Gasteiger partial charge in [0.15, 0.2) is 0 Å². The molecule has 2 atom stereocenters. The van der Waals surface area contributed by atoms with Crippen molar-refractivity contribution < 1.29 is 4.79 Å². The predicted octanol–water partition coefficient (Wildman–Crippen LogP) is 2.11. The van der Waals surface area contributed by atoms with E-state index in [-0.39, 0.29) is 18.0 Å². The molecule has 5 rings (SSSR count). The number of carbonyl (C=O) groups is 1. The molecule has 33 heavy (non-hydrogen) atoms. The number of aromatic nitrogens is 3. The number of rotatable bonds is 5. The Morgan fingerprint density at radius 2 is 1.97 bits per heavy atom. The molecule has 0 aliphatic carbocycles. The summed E-state index contributed by atoms with van der Waals surface area (Å²) in [5, 5.41) is 6.29. The van der Waals surface area contributed by atoms with Gasteiger partial charge in [0.1, 0.15) is 17.7 Å². The SMILES string of the molecule is CC(C)CC1CNC(=O)C2C=Cc3cnc(Nc4ccc(N5CCN(C)CC5)cn4)nc3N12. The normalized spacial score (nSPS) is 22.7. The molecule has 0 aromatic carbocycles. The fourth-order valence-electron chi connectivity index (χ4n) is 4.79. The zero-order valence-electron chi connectivity index (χ0n) is 19.5. The molecular formula is C24H32N8O. The van der Waals surface area contributed by atoms with Crippen LogP contribution in [-0.4, -0.2) is 77.6 Å². The van der Waals surface area contributed by atoms with E-state index in [1.165, 1.54) is 0 Å². The van der Waals surface area contributed by atoms with Crippen LogP contribution in [0.3, 0.4) is 0 Å². The Kier molecular flexibility index (Phi) is 5.88. The van der Waals surface area contributed by atoms with Crippen molar-refractivity contribution >= 4 is 35.3 Å². The van der Waals surface area contributed by atoms with Gasteiger partial charge in [-0.05, 0) is 31.5 Å². The Hall–Kier alpha value is -3.20. The highest BCUT2D eigenvalue weighted by atomic mass is 16.2. The Labute approximate surface area is 194 Å². The van der Waals surface area contributed by atoms with E-state index in [9.17, 15) is 4.79 Å². The molecule has 2 fully saturated rings. The lowest BCUT2D eigenvalue weighted by Crippen LogP contribution is -2.61. The van der Waals surface area contributed by atoms with Crippen molar-refractivity contribution in [2.24, 2.45) is 5.92 Å². The van der Waals surface area contributed by atoms with Gasteiger partial charge in [0.25, 0.3) is 0 Å².